The first-order chi connectivity index (χ1) is 16.8. The summed E-state index contributed by atoms with van der Waals surface area (Å²) in [6.07, 6.45) is 0. The number of amides is 1. The highest BCUT2D eigenvalue weighted by Gasteiger charge is 2.47. The molecule has 0 aliphatic carbocycles. The number of carbonyl (C=O) groups is 2. The monoisotopic (exact) mass is 497 g/mol. The van der Waals surface area contributed by atoms with Crippen LogP contribution in [0.5, 0.6) is 17.2 Å². The molecule has 0 aromatic heterocycles. The van der Waals surface area contributed by atoms with Crippen molar-refractivity contribution in [3.05, 3.63) is 88.2 Å². The van der Waals surface area contributed by atoms with E-state index >= 15 is 0 Å². The van der Waals surface area contributed by atoms with Gasteiger partial charge in [0, 0.05) is 11.8 Å². The number of Topliss-reactive ketones (excluding diaryl/α,β-unsaturated/α-hetero) is 1. The Morgan fingerprint density at radius 2 is 1.66 bits per heavy atom. The number of ketones is 1. The molecular formula is C26H21ClFNO6. The van der Waals surface area contributed by atoms with Crippen molar-refractivity contribution in [3.63, 3.8) is 0 Å². The molecule has 1 amide bonds. The molecule has 1 heterocycles. The van der Waals surface area contributed by atoms with E-state index in [1.807, 2.05) is 0 Å². The Hall–Kier alpha value is -4.04. The van der Waals surface area contributed by atoms with Crippen molar-refractivity contribution in [2.24, 2.45) is 0 Å². The van der Waals surface area contributed by atoms with Gasteiger partial charge in [0.1, 0.15) is 28.8 Å². The van der Waals surface area contributed by atoms with E-state index < -0.39 is 29.3 Å². The summed E-state index contributed by atoms with van der Waals surface area (Å²) in [5.41, 5.74) is 0.503. The molecule has 1 N–H and O–H groups in total. The zero-order valence-corrected chi connectivity index (χ0v) is 19.8. The van der Waals surface area contributed by atoms with E-state index in [1.54, 1.807) is 24.3 Å². The van der Waals surface area contributed by atoms with Crippen LogP contribution in [0.1, 0.15) is 17.2 Å². The quantitative estimate of drug-likeness (QED) is 0.289. The van der Waals surface area contributed by atoms with E-state index in [4.69, 9.17) is 25.8 Å². The highest BCUT2D eigenvalue weighted by Crippen LogP contribution is 2.45. The van der Waals surface area contributed by atoms with Gasteiger partial charge in [0.2, 0.25) is 0 Å². The van der Waals surface area contributed by atoms with E-state index in [0.717, 1.165) is 11.0 Å². The lowest BCUT2D eigenvalue weighted by atomic mass is 9.94. The molecule has 1 aliphatic rings. The second kappa shape index (κ2) is 9.68. The van der Waals surface area contributed by atoms with Crippen LogP contribution < -0.4 is 19.1 Å². The summed E-state index contributed by atoms with van der Waals surface area (Å²) in [6, 6.07) is 13.8. The molecule has 1 fully saturated rings. The lowest BCUT2D eigenvalue weighted by Crippen LogP contribution is -2.29. The van der Waals surface area contributed by atoms with Crippen LogP contribution in [0, 0.1) is 5.82 Å². The van der Waals surface area contributed by atoms with Gasteiger partial charge < -0.3 is 19.3 Å². The summed E-state index contributed by atoms with van der Waals surface area (Å²) >= 11 is 6.19. The van der Waals surface area contributed by atoms with Crippen LogP contribution in [-0.4, -0.2) is 38.1 Å². The SMILES string of the molecule is COc1cccc(C2/C(=C(\O)c3cc(OC)c(Cl)cc3OC)C(=O)C(=O)N2c2cccc(F)c2)c1. The normalized spacial score (nSPS) is 16.9. The first kappa shape index (κ1) is 24.1. The molecule has 0 spiro atoms. The summed E-state index contributed by atoms with van der Waals surface area (Å²) in [4.78, 5) is 27.7. The number of nitrogens with zero attached hydrogens (tertiary/aromatic N) is 1. The van der Waals surface area contributed by atoms with Crippen molar-refractivity contribution in [2.75, 3.05) is 26.2 Å². The standard InChI is InChI=1S/C26H21ClFNO6/c1-33-17-9-4-6-14(10-17)23-22(24(30)18-12-21(35-3)19(27)13-20(18)34-2)25(31)26(32)29(23)16-8-5-7-15(28)11-16/h4-13,23,30H,1-3H3/b24-22+. The molecular weight excluding hydrogens is 477 g/mol. The Labute approximate surface area is 205 Å². The van der Waals surface area contributed by atoms with Crippen LogP contribution in [-0.2, 0) is 9.59 Å². The number of anilines is 1. The van der Waals surface area contributed by atoms with Gasteiger partial charge in [-0.15, -0.1) is 0 Å². The third-order valence-corrected chi connectivity index (χ3v) is 5.96. The Morgan fingerprint density at radius 1 is 0.943 bits per heavy atom. The number of benzene rings is 3. The predicted octanol–water partition coefficient (Wildman–Crippen LogP) is 5.13. The molecule has 3 aromatic carbocycles. The number of hydrogen-bond acceptors (Lipinski definition) is 6. The van der Waals surface area contributed by atoms with E-state index in [0.29, 0.717) is 11.3 Å². The molecule has 35 heavy (non-hydrogen) atoms. The van der Waals surface area contributed by atoms with E-state index in [9.17, 15) is 19.1 Å². The lowest BCUT2D eigenvalue weighted by Gasteiger charge is -2.26. The molecule has 0 bridgehead atoms. The van der Waals surface area contributed by atoms with E-state index in [-0.39, 0.29) is 33.3 Å². The molecule has 1 aliphatic heterocycles. The van der Waals surface area contributed by atoms with Crippen molar-refractivity contribution in [1.82, 2.24) is 0 Å². The summed E-state index contributed by atoms with van der Waals surface area (Å²) < 4.78 is 30.0. The molecule has 1 unspecified atom stereocenters. The van der Waals surface area contributed by atoms with Crippen molar-refractivity contribution < 1.29 is 33.3 Å². The maximum absolute atomic E-state index is 14.1. The highest BCUT2D eigenvalue weighted by atomic mass is 35.5. The topological polar surface area (TPSA) is 85.3 Å². The highest BCUT2D eigenvalue weighted by molar-refractivity contribution is 6.51. The second-order valence-electron chi connectivity index (χ2n) is 7.61. The Kier molecular flexibility index (Phi) is 6.66. The maximum Gasteiger partial charge on any atom is 0.300 e. The number of carbonyl (C=O) groups excluding carboxylic acids is 2. The number of aliphatic hydroxyl groups is 1. The number of ether oxygens (including phenoxy) is 3. The average Bonchev–Trinajstić information content (AvgIpc) is 3.13. The Balaban J connectivity index is 2.01. The van der Waals surface area contributed by atoms with Crippen LogP contribution in [0.2, 0.25) is 5.02 Å². The van der Waals surface area contributed by atoms with Crippen molar-refractivity contribution >= 4 is 34.7 Å². The van der Waals surface area contributed by atoms with Gasteiger partial charge in [0.05, 0.1) is 43.5 Å². The van der Waals surface area contributed by atoms with Gasteiger partial charge in [0.15, 0.2) is 0 Å². The van der Waals surface area contributed by atoms with Gasteiger partial charge in [0.25, 0.3) is 11.7 Å². The number of methoxy groups -OCH3 is 3. The van der Waals surface area contributed by atoms with Gasteiger partial charge in [-0.3, -0.25) is 14.5 Å². The summed E-state index contributed by atoms with van der Waals surface area (Å²) in [5.74, 6) is -2.10. The van der Waals surface area contributed by atoms with Crippen molar-refractivity contribution in [3.8, 4) is 17.2 Å². The zero-order valence-electron chi connectivity index (χ0n) is 19.0. The fourth-order valence-corrected chi connectivity index (χ4v) is 4.27. The summed E-state index contributed by atoms with van der Waals surface area (Å²) in [7, 11) is 4.25. The van der Waals surface area contributed by atoms with Crippen molar-refractivity contribution in [1.29, 1.82) is 0 Å². The number of halogens is 2. The van der Waals surface area contributed by atoms with Gasteiger partial charge >= 0.3 is 0 Å². The zero-order chi connectivity index (χ0) is 25.3. The fraction of sp³-hybridized carbons (Fsp3) is 0.154. The molecule has 0 radical (unpaired) electrons. The Morgan fingerprint density at radius 3 is 2.31 bits per heavy atom. The lowest BCUT2D eigenvalue weighted by molar-refractivity contribution is -0.132. The fourth-order valence-electron chi connectivity index (χ4n) is 4.04. The smallest absolute Gasteiger partial charge is 0.300 e. The van der Waals surface area contributed by atoms with Gasteiger partial charge in [-0.05, 0) is 42.0 Å². The third kappa shape index (κ3) is 4.28. The summed E-state index contributed by atoms with van der Waals surface area (Å²) in [6.45, 7) is 0. The van der Waals surface area contributed by atoms with E-state index in [1.165, 1.54) is 51.7 Å². The molecule has 7 nitrogen and oxygen atoms in total. The minimum Gasteiger partial charge on any atom is -0.507 e. The van der Waals surface area contributed by atoms with Gasteiger partial charge in [-0.1, -0.05) is 29.8 Å². The van der Waals surface area contributed by atoms with Crippen LogP contribution >= 0.6 is 11.6 Å². The molecule has 1 saturated heterocycles. The Bertz CT molecular complexity index is 1360. The van der Waals surface area contributed by atoms with Crippen LogP contribution in [0.4, 0.5) is 10.1 Å². The molecule has 3 aromatic rings. The van der Waals surface area contributed by atoms with Crippen LogP contribution in [0.3, 0.4) is 0 Å². The molecule has 1 atom stereocenters. The van der Waals surface area contributed by atoms with E-state index in [2.05, 4.69) is 0 Å². The molecule has 9 heteroatoms. The first-order valence-corrected chi connectivity index (χ1v) is 10.8. The molecule has 4 rings (SSSR count). The number of rotatable bonds is 6. The number of hydrogen-bond donors (Lipinski definition) is 1. The third-order valence-electron chi connectivity index (χ3n) is 5.67. The van der Waals surface area contributed by atoms with Gasteiger partial charge in [-0.2, -0.15) is 0 Å². The van der Waals surface area contributed by atoms with Gasteiger partial charge in [-0.25, -0.2) is 4.39 Å². The van der Waals surface area contributed by atoms with Crippen LogP contribution in [0.15, 0.2) is 66.2 Å². The maximum atomic E-state index is 14.1. The second-order valence-corrected chi connectivity index (χ2v) is 8.02. The first-order valence-electron chi connectivity index (χ1n) is 10.4. The predicted molar refractivity (Wildman–Crippen MR) is 129 cm³/mol. The van der Waals surface area contributed by atoms with Crippen molar-refractivity contribution in [2.45, 2.75) is 6.04 Å². The minimum absolute atomic E-state index is 0.0962. The van der Waals surface area contributed by atoms with Crippen LogP contribution in [0.25, 0.3) is 5.76 Å². The summed E-state index contributed by atoms with van der Waals surface area (Å²) in [5, 5.41) is 11.6. The number of aliphatic hydroxyl groups excluding tert-OH is 1. The average molecular weight is 498 g/mol. The largest absolute Gasteiger partial charge is 0.507 e. The minimum atomic E-state index is -1.08. The molecule has 0 saturated carbocycles. The molecule has 180 valence electrons.